The summed E-state index contributed by atoms with van der Waals surface area (Å²) < 4.78 is 28.4. The van der Waals surface area contributed by atoms with Crippen LogP contribution in [-0.4, -0.2) is 14.4 Å². The van der Waals surface area contributed by atoms with Gasteiger partial charge in [0.2, 0.25) is 0 Å². The second kappa shape index (κ2) is 8.32. The van der Waals surface area contributed by atoms with Crippen LogP contribution in [0.4, 0.5) is 0 Å². The molecule has 0 aliphatic carbocycles. The molecule has 6 heteroatoms. The smallest absolute Gasteiger partial charge is 1.00 e. The van der Waals surface area contributed by atoms with Crippen molar-refractivity contribution >= 4 is 16.1 Å². The fraction of sp³-hybridized carbons (Fsp3) is 0.533. The van der Waals surface area contributed by atoms with Crippen molar-refractivity contribution in [3.05, 3.63) is 30.3 Å². The van der Waals surface area contributed by atoms with E-state index in [1.165, 1.54) is 12.1 Å². The van der Waals surface area contributed by atoms with Crippen LogP contribution in [0.15, 0.2) is 35.2 Å². The van der Waals surface area contributed by atoms with Crippen molar-refractivity contribution in [2.75, 3.05) is 0 Å². The monoisotopic (exact) mass is 322 g/mol. The number of carbonyl (C=O) groups is 1. The molecule has 0 aliphatic heterocycles. The van der Waals surface area contributed by atoms with Gasteiger partial charge in [0.25, 0.3) is 0 Å². The first kappa shape index (κ1) is 20.6. The van der Waals surface area contributed by atoms with Gasteiger partial charge in [0.1, 0.15) is 4.90 Å². The predicted molar refractivity (Wildman–Crippen MR) is 78.7 cm³/mol. The Morgan fingerprint density at radius 3 is 2.24 bits per heavy atom. The molecule has 1 atom stereocenters. The number of hydrogen-bond acceptors (Lipinski definition) is 4. The van der Waals surface area contributed by atoms with Crippen molar-refractivity contribution in [1.82, 2.24) is 0 Å². The van der Waals surface area contributed by atoms with Gasteiger partial charge in [0, 0.05) is 6.42 Å². The molecule has 1 rings (SSSR count). The van der Waals surface area contributed by atoms with Gasteiger partial charge < -0.3 is 5.61 Å². The topological polar surface area (TPSA) is 60.4 Å². The van der Waals surface area contributed by atoms with E-state index in [2.05, 4.69) is 25.0 Å². The molecule has 0 amide bonds. The van der Waals surface area contributed by atoms with E-state index in [9.17, 15) is 13.2 Å². The van der Waals surface area contributed by atoms with Gasteiger partial charge in [-0.2, -0.15) is 8.42 Å². The quantitative estimate of drug-likeness (QED) is 0.585. The van der Waals surface area contributed by atoms with Gasteiger partial charge in [0.05, 0.1) is 0 Å². The maximum atomic E-state index is 11.9. The van der Waals surface area contributed by atoms with Crippen LogP contribution in [0, 0.1) is 11.3 Å². The number of rotatable bonds is 5. The first-order chi connectivity index (χ1) is 9.10. The van der Waals surface area contributed by atoms with Crippen molar-refractivity contribution in [1.29, 1.82) is 0 Å². The average Bonchev–Trinajstić information content (AvgIpc) is 2.26. The summed E-state index contributed by atoms with van der Waals surface area (Å²) in [6, 6.07) is 7.68. The van der Waals surface area contributed by atoms with E-state index in [4.69, 9.17) is 0 Å². The summed E-state index contributed by atoms with van der Waals surface area (Å²) in [5.41, 5.74) is 0.0952. The molecular weight excluding hydrogens is 299 g/mol. The molecule has 114 valence electrons. The summed E-state index contributed by atoms with van der Waals surface area (Å²) >= 11 is 0. The third-order valence-corrected chi connectivity index (χ3v) is 3.97. The van der Waals surface area contributed by atoms with E-state index in [-0.39, 0.29) is 53.6 Å². The zero-order valence-corrected chi connectivity index (χ0v) is 16.2. The number of hydrogen-bond donors (Lipinski definition) is 0. The summed E-state index contributed by atoms with van der Waals surface area (Å²) in [5, 5.41) is 0. The minimum absolute atomic E-state index is 0. The molecule has 0 fully saturated rings. The van der Waals surface area contributed by atoms with Gasteiger partial charge in [-0.25, -0.2) is 0 Å². The van der Waals surface area contributed by atoms with Crippen LogP contribution in [0.5, 0.6) is 0 Å². The summed E-state index contributed by atoms with van der Waals surface area (Å²) in [6.07, 6.45) is 0.927. The van der Waals surface area contributed by atoms with Gasteiger partial charge in [-0.3, -0.25) is 4.79 Å². The van der Waals surface area contributed by atoms with Gasteiger partial charge in [-0.1, -0.05) is 45.9 Å². The van der Waals surface area contributed by atoms with Crippen molar-refractivity contribution in [2.45, 2.75) is 45.4 Å². The summed E-state index contributed by atoms with van der Waals surface area (Å²) in [7, 11) is -4.00. The Hall–Kier alpha value is -0.360. The van der Waals surface area contributed by atoms with Crippen LogP contribution in [0.2, 0.25) is 0 Å². The molecule has 0 radical (unpaired) electrons. The molecule has 0 spiro atoms. The van der Waals surface area contributed by atoms with Gasteiger partial charge >= 0.3 is 45.6 Å². The molecule has 0 saturated carbocycles. The van der Waals surface area contributed by atoms with Crippen LogP contribution in [0.25, 0.3) is 0 Å². The van der Waals surface area contributed by atoms with Crippen molar-refractivity contribution in [3.63, 3.8) is 0 Å². The standard InChI is InChI=1S/C15H22O4S.Na.H/c1-12(11-15(2,3)4)10-14(16)19-20(17,18)13-8-6-5-7-9-13;;/h5-9,12H,10-11H2,1-4H3;;/q;+1;-1. The van der Waals surface area contributed by atoms with Crippen LogP contribution in [0.1, 0.15) is 42.0 Å². The van der Waals surface area contributed by atoms with E-state index < -0.39 is 16.1 Å². The third kappa shape index (κ3) is 8.00. The molecule has 0 bridgehead atoms. The van der Waals surface area contributed by atoms with E-state index in [0.29, 0.717) is 0 Å². The molecule has 0 heterocycles. The Bertz CT molecular complexity index is 553. The van der Waals surface area contributed by atoms with E-state index in [0.717, 1.165) is 6.42 Å². The molecular formula is C15H23NaO4S. The van der Waals surface area contributed by atoms with Crippen LogP contribution < -0.4 is 29.6 Å². The molecule has 0 N–H and O–H groups in total. The summed E-state index contributed by atoms with van der Waals surface area (Å²) in [4.78, 5) is 11.7. The van der Waals surface area contributed by atoms with Crippen LogP contribution >= 0.6 is 0 Å². The van der Waals surface area contributed by atoms with E-state index >= 15 is 0 Å². The minimum Gasteiger partial charge on any atom is -1.00 e. The largest absolute Gasteiger partial charge is 1.00 e. The average molecular weight is 322 g/mol. The Morgan fingerprint density at radius 1 is 1.24 bits per heavy atom. The third-order valence-electron chi connectivity index (χ3n) is 2.71. The first-order valence-electron chi connectivity index (χ1n) is 6.62. The Balaban J connectivity index is 0. The van der Waals surface area contributed by atoms with Crippen LogP contribution in [-0.2, 0) is 19.1 Å². The number of carbonyl (C=O) groups excluding carboxylic acids is 1. The van der Waals surface area contributed by atoms with Crippen LogP contribution in [0.3, 0.4) is 0 Å². The predicted octanol–water partition coefficient (Wildman–Crippen LogP) is 0.497. The summed E-state index contributed by atoms with van der Waals surface area (Å²) in [5.74, 6) is -0.626. The molecule has 1 aromatic carbocycles. The Morgan fingerprint density at radius 2 is 1.76 bits per heavy atom. The molecule has 0 saturated heterocycles. The maximum Gasteiger partial charge on any atom is 1.00 e. The molecule has 4 nitrogen and oxygen atoms in total. The van der Waals surface area contributed by atoms with Gasteiger partial charge in [-0.15, -0.1) is 0 Å². The fourth-order valence-electron chi connectivity index (χ4n) is 2.19. The molecule has 0 aliphatic rings. The van der Waals surface area contributed by atoms with Crippen molar-refractivity contribution in [2.24, 2.45) is 11.3 Å². The van der Waals surface area contributed by atoms with Crippen molar-refractivity contribution < 1.29 is 48.4 Å². The summed E-state index contributed by atoms with van der Waals surface area (Å²) in [6.45, 7) is 8.16. The molecule has 0 aromatic heterocycles. The Kier molecular flexibility index (Phi) is 8.18. The zero-order valence-electron chi connectivity index (χ0n) is 14.4. The SMILES string of the molecule is CC(CC(=O)OS(=O)(=O)c1ccccc1)CC(C)(C)C.[H-].[Na+]. The second-order valence-corrected chi connectivity index (χ2v) is 7.84. The molecule has 21 heavy (non-hydrogen) atoms. The maximum absolute atomic E-state index is 11.9. The normalized spacial score (nSPS) is 13.1. The van der Waals surface area contributed by atoms with Crippen molar-refractivity contribution in [3.8, 4) is 0 Å². The minimum atomic E-state index is -4.00. The van der Waals surface area contributed by atoms with E-state index in [1.54, 1.807) is 18.2 Å². The first-order valence-corrected chi connectivity index (χ1v) is 8.03. The van der Waals surface area contributed by atoms with Gasteiger partial charge in [0.15, 0.2) is 0 Å². The molecule has 1 aromatic rings. The number of benzene rings is 1. The zero-order chi connectivity index (χ0) is 15.4. The second-order valence-electron chi connectivity index (χ2n) is 6.30. The fourth-order valence-corrected chi connectivity index (χ4v) is 3.09. The van der Waals surface area contributed by atoms with E-state index in [1.807, 2.05) is 6.92 Å². The Labute approximate surface area is 151 Å². The van der Waals surface area contributed by atoms with Gasteiger partial charge in [-0.05, 0) is 29.9 Å². The molecule has 1 unspecified atom stereocenters.